The average Bonchev–Trinajstić information content (AvgIpc) is 2.17. The maximum Gasteiger partial charge on any atom is 0.296 e. The van der Waals surface area contributed by atoms with Crippen molar-refractivity contribution in [1.29, 1.82) is 0 Å². The monoisotopic (exact) mass is 186 g/mol. The highest BCUT2D eigenvalue weighted by molar-refractivity contribution is 6.18. The fourth-order valence-electron chi connectivity index (χ4n) is 0.676. The summed E-state index contributed by atoms with van der Waals surface area (Å²) >= 11 is 5.22. The summed E-state index contributed by atoms with van der Waals surface area (Å²) in [7, 11) is 0. The molecule has 1 N–H and O–H groups in total. The van der Waals surface area contributed by atoms with Crippen molar-refractivity contribution in [2.45, 2.75) is 0 Å². The van der Waals surface area contributed by atoms with Gasteiger partial charge in [0.05, 0.1) is 0 Å². The molecule has 1 heterocycles. The molecular formula is C7H7ClN2O2. The Bertz CT molecular complexity index is 265. The van der Waals surface area contributed by atoms with Gasteiger partial charge in [-0.1, -0.05) is 6.07 Å². The Kier molecular flexibility index (Phi) is 3.01. The first kappa shape index (κ1) is 8.96. The summed E-state index contributed by atoms with van der Waals surface area (Å²) in [5.41, 5.74) is 0.167. The summed E-state index contributed by atoms with van der Waals surface area (Å²) in [5, 5.41) is 9.28. The average molecular weight is 187 g/mol. The highest BCUT2D eigenvalue weighted by atomic mass is 35.5. The van der Waals surface area contributed by atoms with Gasteiger partial charge in [0.15, 0.2) is 0 Å². The van der Waals surface area contributed by atoms with Crippen molar-refractivity contribution < 1.29 is 10.0 Å². The predicted octanol–water partition coefficient (Wildman–Crippen LogP) is 1.11. The molecule has 4 nitrogen and oxygen atoms in total. The van der Waals surface area contributed by atoms with Gasteiger partial charge in [-0.3, -0.25) is 15.0 Å². The fraction of sp³-hybridized carbons (Fsp3) is 0.143. The summed E-state index contributed by atoms with van der Waals surface area (Å²) in [4.78, 5) is 14.8. The van der Waals surface area contributed by atoms with Crippen molar-refractivity contribution in [3.63, 3.8) is 0 Å². The van der Waals surface area contributed by atoms with Crippen LogP contribution in [0.4, 0.5) is 0 Å². The molecule has 0 aromatic carbocycles. The van der Waals surface area contributed by atoms with Crippen LogP contribution in [0.25, 0.3) is 0 Å². The zero-order chi connectivity index (χ0) is 8.97. The summed E-state index contributed by atoms with van der Waals surface area (Å²) in [6.07, 6.45) is 1.47. The Hall–Kier alpha value is -1.13. The van der Waals surface area contributed by atoms with Crippen molar-refractivity contribution in [2.75, 3.05) is 6.00 Å². The number of carbonyl (C=O) groups excluding carboxylic acids is 1. The van der Waals surface area contributed by atoms with Crippen LogP contribution in [0.2, 0.25) is 0 Å². The Morgan fingerprint density at radius 2 is 2.42 bits per heavy atom. The van der Waals surface area contributed by atoms with Gasteiger partial charge in [0.2, 0.25) is 0 Å². The highest BCUT2D eigenvalue weighted by Crippen LogP contribution is 1.99. The van der Waals surface area contributed by atoms with Gasteiger partial charge in [-0.05, 0) is 12.1 Å². The van der Waals surface area contributed by atoms with E-state index in [1.165, 1.54) is 12.3 Å². The predicted molar refractivity (Wildman–Crippen MR) is 42.9 cm³/mol. The van der Waals surface area contributed by atoms with Gasteiger partial charge >= 0.3 is 0 Å². The number of hydrogen-bond donors (Lipinski definition) is 1. The van der Waals surface area contributed by atoms with E-state index in [1.807, 2.05) is 0 Å². The van der Waals surface area contributed by atoms with E-state index in [2.05, 4.69) is 4.98 Å². The smallest absolute Gasteiger partial charge is 0.284 e. The van der Waals surface area contributed by atoms with Gasteiger partial charge in [0.25, 0.3) is 5.91 Å². The number of alkyl halides is 1. The molecule has 1 aromatic heterocycles. The second-order valence-electron chi connectivity index (χ2n) is 2.04. The molecular weight excluding hydrogens is 180 g/mol. The molecule has 0 aliphatic carbocycles. The van der Waals surface area contributed by atoms with Gasteiger partial charge in [0.1, 0.15) is 11.7 Å². The quantitative estimate of drug-likeness (QED) is 0.326. The van der Waals surface area contributed by atoms with Crippen LogP contribution in [-0.4, -0.2) is 27.2 Å². The van der Waals surface area contributed by atoms with E-state index in [1.54, 1.807) is 12.1 Å². The zero-order valence-corrected chi connectivity index (χ0v) is 6.90. The maximum absolute atomic E-state index is 11.1. The Balaban J connectivity index is 2.79. The van der Waals surface area contributed by atoms with Crippen LogP contribution in [0.15, 0.2) is 24.4 Å². The molecule has 0 bridgehead atoms. The van der Waals surface area contributed by atoms with Crippen molar-refractivity contribution in [2.24, 2.45) is 0 Å². The number of pyridine rings is 1. The van der Waals surface area contributed by atoms with Gasteiger partial charge < -0.3 is 0 Å². The van der Waals surface area contributed by atoms with E-state index < -0.39 is 5.91 Å². The maximum atomic E-state index is 11.1. The summed E-state index contributed by atoms with van der Waals surface area (Å²) in [6, 6.07) is 4.56. The van der Waals surface area contributed by atoms with Crippen LogP contribution in [0.1, 0.15) is 10.5 Å². The standard InChI is InChI=1S/C7H7ClN2O2/c8-5-10(12)7(11)6-3-1-2-4-9-6/h1-4,12H,5H2. The van der Waals surface area contributed by atoms with Crippen LogP contribution in [0, 0.1) is 0 Å². The van der Waals surface area contributed by atoms with E-state index in [9.17, 15) is 4.79 Å². The normalized spacial score (nSPS) is 9.50. The van der Waals surface area contributed by atoms with E-state index in [-0.39, 0.29) is 11.7 Å². The minimum atomic E-state index is -0.606. The molecule has 0 saturated heterocycles. The van der Waals surface area contributed by atoms with E-state index in [0.717, 1.165) is 0 Å². The van der Waals surface area contributed by atoms with E-state index in [0.29, 0.717) is 5.06 Å². The molecule has 64 valence electrons. The lowest BCUT2D eigenvalue weighted by molar-refractivity contribution is -0.0444. The number of hydrogen-bond acceptors (Lipinski definition) is 3. The lowest BCUT2D eigenvalue weighted by atomic mass is 10.3. The summed E-state index contributed by atoms with van der Waals surface area (Å²) < 4.78 is 0. The minimum absolute atomic E-state index is 0.167. The second kappa shape index (κ2) is 4.04. The summed E-state index contributed by atoms with van der Waals surface area (Å²) in [6.45, 7) is 0. The van der Waals surface area contributed by atoms with Crippen molar-refractivity contribution in [3.8, 4) is 0 Å². The van der Waals surface area contributed by atoms with Crippen molar-refractivity contribution in [3.05, 3.63) is 30.1 Å². The molecule has 0 aliphatic heterocycles. The van der Waals surface area contributed by atoms with Crippen LogP contribution in [0.5, 0.6) is 0 Å². The summed E-state index contributed by atoms with van der Waals surface area (Å²) in [5.74, 6) is -0.606. The first-order valence-electron chi connectivity index (χ1n) is 3.23. The van der Waals surface area contributed by atoms with Crippen LogP contribution in [-0.2, 0) is 0 Å². The molecule has 0 unspecified atom stereocenters. The molecule has 1 aromatic rings. The first-order valence-corrected chi connectivity index (χ1v) is 3.77. The highest BCUT2D eigenvalue weighted by Gasteiger charge is 2.12. The van der Waals surface area contributed by atoms with Crippen molar-refractivity contribution in [1.82, 2.24) is 10.0 Å². The second-order valence-corrected chi connectivity index (χ2v) is 2.28. The van der Waals surface area contributed by atoms with Gasteiger partial charge in [-0.15, -0.1) is 11.6 Å². The largest absolute Gasteiger partial charge is 0.296 e. The number of aromatic nitrogens is 1. The minimum Gasteiger partial charge on any atom is -0.284 e. The zero-order valence-electron chi connectivity index (χ0n) is 6.14. The van der Waals surface area contributed by atoms with Gasteiger partial charge in [0, 0.05) is 6.20 Å². The number of hydroxylamine groups is 2. The Morgan fingerprint density at radius 3 is 2.92 bits per heavy atom. The number of rotatable bonds is 2. The number of carbonyl (C=O) groups is 1. The molecule has 0 spiro atoms. The Morgan fingerprint density at radius 1 is 1.67 bits per heavy atom. The molecule has 0 fully saturated rings. The first-order chi connectivity index (χ1) is 5.75. The topological polar surface area (TPSA) is 53.4 Å². The van der Waals surface area contributed by atoms with Gasteiger partial charge in [-0.25, -0.2) is 5.06 Å². The molecule has 0 radical (unpaired) electrons. The molecule has 0 aliphatic rings. The molecule has 5 heteroatoms. The fourth-order valence-corrected chi connectivity index (χ4v) is 0.784. The van der Waals surface area contributed by atoms with Crippen LogP contribution in [0.3, 0.4) is 0 Å². The van der Waals surface area contributed by atoms with Gasteiger partial charge in [-0.2, -0.15) is 0 Å². The van der Waals surface area contributed by atoms with Crippen LogP contribution < -0.4 is 0 Å². The van der Waals surface area contributed by atoms with Crippen molar-refractivity contribution >= 4 is 17.5 Å². The third kappa shape index (κ3) is 1.93. The lowest BCUT2D eigenvalue weighted by Crippen LogP contribution is -2.26. The number of halogens is 1. The molecule has 0 saturated carbocycles. The van der Waals surface area contributed by atoms with E-state index in [4.69, 9.17) is 16.8 Å². The SMILES string of the molecule is O=C(c1ccccn1)N(O)CCl. The third-order valence-corrected chi connectivity index (χ3v) is 1.46. The molecule has 12 heavy (non-hydrogen) atoms. The lowest BCUT2D eigenvalue weighted by Gasteiger charge is -2.09. The number of amides is 1. The third-order valence-electron chi connectivity index (χ3n) is 1.23. The molecule has 1 rings (SSSR count). The molecule has 1 amide bonds. The van der Waals surface area contributed by atoms with Crippen LogP contribution >= 0.6 is 11.6 Å². The molecule has 0 atom stereocenters. The Labute approximate surface area is 74.4 Å². The number of nitrogens with zero attached hydrogens (tertiary/aromatic N) is 2. The van der Waals surface area contributed by atoms with E-state index >= 15 is 0 Å².